The lowest BCUT2D eigenvalue weighted by Gasteiger charge is -2.05. The third-order valence-electron chi connectivity index (χ3n) is 4.05. The van der Waals surface area contributed by atoms with Gasteiger partial charge >= 0.3 is 0 Å². The van der Waals surface area contributed by atoms with Gasteiger partial charge in [0.05, 0.1) is 0 Å². The van der Waals surface area contributed by atoms with E-state index in [9.17, 15) is 4.79 Å². The summed E-state index contributed by atoms with van der Waals surface area (Å²) in [5, 5.41) is 2.23. The molecule has 4 aromatic rings. The number of carbonyl (C=O) groups excluding carboxylic acids is 1. The van der Waals surface area contributed by atoms with Crippen molar-refractivity contribution in [3.05, 3.63) is 108 Å². The van der Waals surface area contributed by atoms with Crippen molar-refractivity contribution in [1.82, 2.24) is 0 Å². The summed E-state index contributed by atoms with van der Waals surface area (Å²) < 4.78 is 0. The minimum Gasteiger partial charge on any atom is -0.289 e. The number of hydrogen-bond acceptors (Lipinski definition) is 2. The van der Waals surface area contributed by atoms with E-state index in [1.165, 1.54) is 0 Å². The van der Waals surface area contributed by atoms with E-state index in [4.69, 9.17) is 0 Å². The van der Waals surface area contributed by atoms with Gasteiger partial charge in [-0.3, -0.25) is 4.79 Å². The van der Waals surface area contributed by atoms with Crippen molar-refractivity contribution in [1.29, 1.82) is 0 Å². The number of ketones is 1. The average molecular weight is 339 g/mol. The first-order chi connectivity index (χ1) is 12.3. The van der Waals surface area contributed by atoms with E-state index in [2.05, 4.69) is 12.1 Å². The van der Waals surface area contributed by atoms with Crippen molar-refractivity contribution in [2.45, 2.75) is 9.79 Å². The standard InChI is InChI=1S/C23H15OS/c24-23(20-11-10-17-6-4-5-7-19(17)16-20)18-12-14-22(15-13-18)25-21-8-2-1-3-9-21/h2-16H. The van der Waals surface area contributed by atoms with Crippen LogP contribution in [0.5, 0.6) is 0 Å². The summed E-state index contributed by atoms with van der Waals surface area (Å²) in [7, 11) is 0. The van der Waals surface area contributed by atoms with Crippen LogP contribution in [0.1, 0.15) is 15.9 Å². The van der Waals surface area contributed by atoms with Crippen LogP contribution in [0.4, 0.5) is 0 Å². The molecule has 0 amide bonds. The molecule has 0 N–H and O–H groups in total. The molecule has 0 bridgehead atoms. The number of carbonyl (C=O) groups is 1. The second-order valence-corrected chi connectivity index (χ2v) is 6.90. The van der Waals surface area contributed by atoms with Crippen LogP contribution in [0.25, 0.3) is 10.8 Å². The number of rotatable bonds is 4. The fourth-order valence-corrected chi connectivity index (χ4v) is 3.56. The molecule has 0 spiro atoms. The van der Waals surface area contributed by atoms with Crippen molar-refractivity contribution in [3.63, 3.8) is 0 Å². The molecule has 0 saturated heterocycles. The molecule has 0 heterocycles. The Balaban J connectivity index is 1.57. The Morgan fingerprint density at radius 3 is 2.08 bits per heavy atom. The van der Waals surface area contributed by atoms with Crippen LogP contribution in [0.3, 0.4) is 0 Å². The van der Waals surface area contributed by atoms with Crippen LogP contribution < -0.4 is 0 Å². The summed E-state index contributed by atoms with van der Waals surface area (Å²) in [4.78, 5) is 15.0. The second kappa shape index (κ2) is 6.96. The van der Waals surface area contributed by atoms with Gasteiger partial charge in [-0.25, -0.2) is 0 Å². The number of fused-ring (bicyclic) bond motifs is 1. The highest BCUT2D eigenvalue weighted by Gasteiger charge is 2.10. The maximum Gasteiger partial charge on any atom is 0.193 e. The second-order valence-electron chi connectivity index (χ2n) is 5.75. The van der Waals surface area contributed by atoms with Crippen LogP contribution in [0.2, 0.25) is 0 Å². The van der Waals surface area contributed by atoms with Crippen molar-refractivity contribution in [2.24, 2.45) is 0 Å². The number of benzene rings is 4. The average Bonchev–Trinajstić information content (AvgIpc) is 2.68. The molecule has 25 heavy (non-hydrogen) atoms. The smallest absolute Gasteiger partial charge is 0.193 e. The third-order valence-corrected chi connectivity index (χ3v) is 5.07. The van der Waals surface area contributed by atoms with E-state index in [1.54, 1.807) is 11.8 Å². The van der Waals surface area contributed by atoms with Crippen molar-refractivity contribution in [3.8, 4) is 0 Å². The zero-order valence-corrected chi connectivity index (χ0v) is 14.3. The minimum absolute atomic E-state index is 0.0524. The van der Waals surface area contributed by atoms with Crippen molar-refractivity contribution >= 4 is 28.3 Å². The van der Waals surface area contributed by atoms with Crippen LogP contribution >= 0.6 is 11.8 Å². The van der Waals surface area contributed by atoms with Crippen LogP contribution in [0.15, 0.2) is 101 Å². The Hall–Kier alpha value is -2.84. The minimum atomic E-state index is 0.0524. The molecule has 4 aromatic carbocycles. The van der Waals surface area contributed by atoms with E-state index in [0.717, 1.165) is 26.1 Å². The summed E-state index contributed by atoms with van der Waals surface area (Å²) in [5.41, 5.74) is 1.43. The van der Waals surface area contributed by atoms with E-state index in [-0.39, 0.29) is 5.78 Å². The van der Waals surface area contributed by atoms with Crippen LogP contribution in [-0.4, -0.2) is 5.78 Å². The lowest BCUT2D eigenvalue weighted by atomic mass is 10.00. The molecule has 2 heteroatoms. The molecular formula is C23H15OS. The largest absolute Gasteiger partial charge is 0.289 e. The van der Waals surface area contributed by atoms with Crippen molar-refractivity contribution in [2.75, 3.05) is 0 Å². The maximum atomic E-state index is 12.7. The van der Waals surface area contributed by atoms with E-state index in [0.29, 0.717) is 5.56 Å². The van der Waals surface area contributed by atoms with Gasteiger partial charge in [-0.2, -0.15) is 0 Å². The molecule has 0 saturated carbocycles. The van der Waals surface area contributed by atoms with E-state index >= 15 is 0 Å². The predicted molar refractivity (Wildman–Crippen MR) is 103 cm³/mol. The summed E-state index contributed by atoms with van der Waals surface area (Å²) >= 11 is 1.67. The van der Waals surface area contributed by atoms with Gasteiger partial charge in [-0.05, 0) is 59.3 Å². The van der Waals surface area contributed by atoms with Gasteiger partial charge in [0, 0.05) is 20.9 Å². The Morgan fingerprint density at radius 2 is 1.32 bits per heavy atom. The van der Waals surface area contributed by atoms with Crippen molar-refractivity contribution < 1.29 is 4.79 Å². The molecule has 1 radical (unpaired) electrons. The summed E-state index contributed by atoms with van der Waals surface area (Å²) in [6.07, 6.45) is 0. The van der Waals surface area contributed by atoms with Gasteiger partial charge in [-0.15, -0.1) is 0 Å². The molecule has 119 valence electrons. The normalized spacial score (nSPS) is 10.7. The third kappa shape index (κ3) is 3.49. The van der Waals surface area contributed by atoms with Gasteiger partial charge in [-0.1, -0.05) is 60.3 Å². The molecule has 0 aliphatic carbocycles. The quantitative estimate of drug-likeness (QED) is 0.423. The molecule has 0 aliphatic rings. The Bertz CT molecular complexity index is 1020. The lowest BCUT2D eigenvalue weighted by molar-refractivity contribution is 0.103. The fourth-order valence-electron chi connectivity index (χ4n) is 2.75. The Labute approximate surface area is 151 Å². The highest BCUT2D eigenvalue weighted by Crippen LogP contribution is 2.28. The maximum absolute atomic E-state index is 12.7. The molecule has 0 fully saturated rings. The van der Waals surface area contributed by atoms with Crippen LogP contribution in [0, 0.1) is 6.07 Å². The lowest BCUT2D eigenvalue weighted by Crippen LogP contribution is -2.00. The Morgan fingerprint density at radius 1 is 0.680 bits per heavy atom. The molecule has 0 aromatic heterocycles. The molecule has 1 nitrogen and oxygen atoms in total. The predicted octanol–water partition coefficient (Wildman–Crippen LogP) is 6.02. The number of hydrogen-bond donors (Lipinski definition) is 0. The van der Waals surface area contributed by atoms with Gasteiger partial charge < -0.3 is 0 Å². The zero-order chi connectivity index (χ0) is 17.1. The monoisotopic (exact) mass is 339 g/mol. The summed E-state index contributed by atoms with van der Waals surface area (Å²) in [6, 6.07) is 32.6. The summed E-state index contributed by atoms with van der Waals surface area (Å²) in [5.74, 6) is 0.0524. The van der Waals surface area contributed by atoms with E-state index in [1.807, 2.05) is 84.9 Å². The summed E-state index contributed by atoms with van der Waals surface area (Å²) in [6.45, 7) is 0. The van der Waals surface area contributed by atoms with Gasteiger partial charge in [0.1, 0.15) is 0 Å². The molecule has 0 atom stereocenters. The molecule has 0 aliphatic heterocycles. The molecular weight excluding hydrogens is 324 g/mol. The SMILES string of the molecule is O=C(c1ccc(Sc2cc[c]cc2)cc1)c1ccc2ccccc2c1. The highest BCUT2D eigenvalue weighted by atomic mass is 32.2. The van der Waals surface area contributed by atoms with Gasteiger partial charge in [0.2, 0.25) is 0 Å². The first-order valence-electron chi connectivity index (χ1n) is 8.07. The van der Waals surface area contributed by atoms with Crippen LogP contribution in [-0.2, 0) is 0 Å². The van der Waals surface area contributed by atoms with Gasteiger partial charge in [0.25, 0.3) is 0 Å². The first kappa shape index (κ1) is 15.7. The zero-order valence-electron chi connectivity index (χ0n) is 13.5. The fraction of sp³-hybridized carbons (Fsp3) is 0. The molecule has 0 unspecified atom stereocenters. The Kier molecular flexibility index (Phi) is 4.36. The van der Waals surface area contributed by atoms with Gasteiger partial charge in [0.15, 0.2) is 5.78 Å². The molecule has 4 rings (SSSR count). The van der Waals surface area contributed by atoms with E-state index < -0.39 is 0 Å². The topological polar surface area (TPSA) is 17.1 Å². The first-order valence-corrected chi connectivity index (χ1v) is 8.89. The highest BCUT2D eigenvalue weighted by molar-refractivity contribution is 7.99.